The molecule has 0 atom stereocenters. The lowest BCUT2D eigenvalue weighted by molar-refractivity contribution is -0.130. The minimum absolute atomic E-state index is 0.183. The molecule has 3 rings (SSSR count). The summed E-state index contributed by atoms with van der Waals surface area (Å²) in [6, 6.07) is 7.55. The fraction of sp³-hybridized carbons (Fsp3) is 0.286. The molecule has 1 aromatic heterocycles. The number of nitrogens with zero attached hydrogens (tertiary/aromatic N) is 4. The number of carbonyl (C=O) groups is 1. The van der Waals surface area contributed by atoms with Crippen LogP contribution in [0.2, 0.25) is 0 Å². The maximum absolute atomic E-state index is 13.8. The summed E-state index contributed by atoms with van der Waals surface area (Å²) in [6.07, 6.45) is 4.52. The number of aromatic nitrogens is 2. The molecule has 2 aromatic carbocycles. The Hall–Kier alpha value is -3.27. The lowest BCUT2D eigenvalue weighted by Gasteiger charge is -2.16. The van der Waals surface area contributed by atoms with Crippen LogP contribution in [0.5, 0.6) is 5.75 Å². The van der Waals surface area contributed by atoms with Crippen molar-refractivity contribution in [2.45, 2.75) is 6.92 Å². The van der Waals surface area contributed by atoms with Crippen molar-refractivity contribution in [3.05, 3.63) is 48.0 Å². The summed E-state index contributed by atoms with van der Waals surface area (Å²) in [5.41, 5.74) is 2.46. The zero-order valence-electron chi connectivity index (χ0n) is 18.0. The van der Waals surface area contributed by atoms with Gasteiger partial charge in [-0.2, -0.15) is 4.36 Å². The molecule has 0 radical (unpaired) electrons. The van der Waals surface area contributed by atoms with E-state index in [1.807, 2.05) is 6.92 Å². The van der Waals surface area contributed by atoms with Crippen molar-refractivity contribution in [2.24, 2.45) is 4.36 Å². The maximum Gasteiger partial charge on any atom is 0.259 e. The number of benzene rings is 2. The number of hydrogen-bond acceptors (Lipinski definition) is 7. The summed E-state index contributed by atoms with van der Waals surface area (Å²) in [4.78, 5) is 21.9. The Bertz CT molecular complexity index is 1260. The second-order valence-corrected chi connectivity index (χ2v) is 10.0. The molecule has 0 bridgehead atoms. The number of ether oxygens (including phenoxy) is 1. The second-order valence-electron chi connectivity index (χ2n) is 7.49. The standard InChI is InChI=1S/C21H24FN5O3S/c1-13-8-15(26-31(4,5)29)10-17-20(13)21(24-12-23-17)25-16-7-6-14(22)9-18(16)30-11-19(28)27(2)3/h6-10,12H,11H2,1-5H3,(H,23,24,25). The van der Waals surface area contributed by atoms with E-state index >= 15 is 0 Å². The number of halogens is 1. The van der Waals surface area contributed by atoms with Crippen LogP contribution in [0.3, 0.4) is 0 Å². The maximum atomic E-state index is 13.8. The van der Waals surface area contributed by atoms with Gasteiger partial charge in [-0.05, 0) is 36.8 Å². The Morgan fingerprint density at radius 3 is 2.65 bits per heavy atom. The number of hydrogen-bond donors (Lipinski definition) is 1. The highest BCUT2D eigenvalue weighted by Gasteiger charge is 2.14. The molecule has 0 fully saturated rings. The minimum atomic E-state index is -2.32. The molecule has 3 aromatic rings. The zero-order valence-corrected chi connectivity index (χ0v) is 18.8. The lowest BCUT2D eigenvalue weighted by Crippen LogP contribution is -2.27. The van der Waals surface area contributed by atoms with Crippen LogP contribution in [0.4, 0.5) is 21.6 Å². The largest absolute Gasteiger partial charge is 0.481 e. The summed E-state index contributed by atoms with van der Waals surface area (Å²) in [5, 5.41) is 3.89. The molecule has 8 nitrogen and oxygen atoms in total. The van der Waals surface area contributed by atoms with Crippen molar-refractivity contribution in [3.63, 3.8) is 0 Å². The number of likely N-dealkylation sites (N-methyl/N-ethyl adjacent to an activating group) is 1. The first-order valence-corrected chi connectivity index (χ1v) is 11.7. The monoisotopic (exact) mass is 445 g/mol. The van der Waals surface area contributed by atoms with Gasteiger partial charge in [-0.3, -0.25) is 4.79 Å². The molecule has 164 valence electrons. The molecule has 0 aliphatic rings. The van der Waals surface area contributed by atoms with Gasteiger partial charge < -0.3 is 15.0 Å². The summed E-state index contributed by atoms with van der Waals surface area (Å²) in [6.45, 7) is 1.65. The molecule has 1 heterocycles. The number of anilines is 2. The normalized spacial score (nSPS) is 11.3. The van der Waals surface area contributed by atoms with Gasteiger partial charge >= 0.3 is 0 Å². The highest BCUT2D eigenvalue weighted by atomic mass is 32.2. The van der Waals surface area contributed by atoms with Gasteiger partial charge in [-0.15, -0.1) is 0 Å². The number of aryl methyl sites for hydroxylation is 1. The SMILES string of the molecule is Cc1cc(N=S(C)(C)=O)cc2ncnc(Nc3ccc(F)cc3OCC(=O)N(C)C)c12. The van der Waals surface area contributed by atoms with Crippen molar-refractivity contribution in [2.75, 3.05) is 38.5 Å². The van der Waals surface area contributed by atoms with Crippen LogP contribution in [0.15, 0.2) is 41.0 Å². The smallest absolute Gasteiger partial charge is 0.259 e. The van der Waals surface area contributed by atoms with Crippen molar-refractivity contribution in [1.82, 2.24) is 14.9 Å². The van der Waals surface area contributed by atoms with Crippen LogP contribution >= 0.6 is 0 Å². The molecular weight excluding hydrogens is 421 g/mol. The molecule has 0 aliphatic carbocycles. The van der Waals surface area contributed by atoms with Crippen LogP contribution in [0, 0.1) is 12.7 Å². The molecule has 0 aliphatic heterocycles. The number of fused-ring (bicyclic) bond motifs is 1. The van der Waals surface area contributed by atoms with E-state index in [-0.39, 0.29) is 18.3 Å². The van der Waals surface area contributed by atoms with Gasteiger partial charge in [0.25, 0.3) is 5.91 Å². The van der Waals surface area contributed by atoms with Crippen molar-refractivity contribution < 1.29 is 18.1 Å². The molecule has 0 unspecified atom stereocenters. The zero-order chi connectivity index (χ0) is 22.8. The molecule has 31 heavy (non-hydrogen) atoms. The molecular formula is C21H24FN5O3S. The highest BCUT2D eigenvalue weighted by Crippen LogP contribution is 2.33. The average Bonchev–Trinajstić information content (AvgIpc) is 2.66. The van der Waals surface area contributed by atoms with E-state index in [4.69, 9.17) is 4.74 Å². The average molecular weight is 446 g/mol. The third-order valence-electron chi connectivity index (χ3n) is 4.29. The van der Waals surface area contributed by atoms with E-state index < -0.39 is 15.5 Å². The van der Waals surface area contributed by atoms with Crippen LogP contribution in [0.25, 0.3) is 10.9 Å². The molecule has 1 N–H and O–H groups in total. The fourth-order valence-electron chi connectivity index (χ4n) is 2.89. The first kappa shape index (κ1) is 22.4. The summed E-state index contributed by atoms with van der Waals surface area (Å²) in [5.74, 6) is -0.0741. The van der Waals surface area contributed by atoms with Crippen LogP contribution in [-0.2, 0) is 14.5 Å². The van der Waals surface area contributed by atoms with Gasteiger partial charge in [0.05, 0.1) is 16.9 Å². The van der Waals surface area contributed by atoms with Gasteiger partial charge in [0.2, 0.25) is 0 Å². The number of carbonyl (C=O) groups excluding carboxylic acids is 1. The summed E-state index contributed by atoms with van der Waals surface area (Å²) in [7, 11) is 0.909. The Kier molecular flexibility index (Phi) is 6.40. The van der Waals surface area contributed by atoms with Gasteiger partial charge in [0.15, 0.2) is 6.61 Å². The first-order chi connectivity index (χ1) is 14.5. The van der Waals surface area contributed by atoms with E-state index in [9.17, 15) is 13.4 Å². The van der Waals surface area contributed by atoms with E-state index in [1.165, 1.54) is 29.4 Å². The minimum Gasteiger partial charge on any atom is -0.481 e. The molecule has 0 spiro atoms. The molecule has 0 saturated heterocycles. The quantitative estimate of drug-likeness (QED) is 0.622. The van der Waals surface area contributed by atoms with Crippen LogP contribution in [0.1, 0.15) is 5.56 Å². The van der Waals surface area contributed by atoms with Crippen molar-refractivity contribution in [3.8, 4) is 5.75 Å². The third kappa shape index (κ3) is 5.66. The Morgan fingerprint density at radius 2 is 1.97 bits per heavy atom. The number of rotatable bonds is 6. The number of amides is 1. The second kappa shape index (κ2) is 8.84. The first-order valence-electron chi connectivity index (χ1n) is 9.35. The fourth-order valence-corrected chi connectivity index (χ4v) is 3.50. The van der Waals surface area contributed by atoms with Gasteiger partial charge in [0.1, 0.15) is 23.7 Å². The Balaban J connectivity index is 2.01. The summed E-state index contributed by atoms with van der Waals surface area (Å²) < 4.78 is 35.6. The van der Waals surface area contributed by atoms with E-state index in [2.05, 4.69) is 19.6 Å². The molecule has 10 heteroatoms. The lowest BCUT2D eigenvalue weighted by atomic mass is 10.1. The van der Waals surface area contributed by atoms with Crippen LogP contribution < -0.4 is 10.1 Å². The predicted octanol–water partition coefficient (Wildman–Crippen LogP) is 3.65. The van der Waals surface area contributed by atoms with E-state index in [0.717, 1.165) is 10.9 Å². The topological polar surface area (TPSA) is 96.8 Å². The number of nitrogens with one attached hydrogen (secondary N) is 1. The van der Waals surface area contributed by atoms with Crippen molar-refractivity contribution in [1.29, 1.82) is 0 Å². The third-order valence-corrected chi connectivity index (χ3v) is 4.94. The summed E-state index contributed by atoms with van der Waals surface area (Å²) >= 11 is 0. The van der Waals surface area contributed by atoms with Crippen LogP contribution in [-0.4, -0.2) is 58.2 Å². The van der Waals surface area contributed by atoms with Crippen molar-refractivity contribution >= 4 is 43.7 Å². The highest BCUT2D eigenvalue weighted by molar-refractivity contribution is 7.92. The predicted molar refractivity (Wildman–Crippen MR) is 120 cm³/mol. The van der Waals surface area contributed by atoms with E-state index in [0.29, 0.717) is 22.7 Å². The molecule has 0 saturated carbocycles. The van der Waals surface area contributed by atoms with E-state index in [1.54, 1.807) is 38.7 Å². The Labute approximate surface area is 180 Å². The molecule has 1 amide bonds. The Morgan fingerprint density at radius 1 is 1.23 bits per heavy atom. The van der Waals surface area contributed by atoms with Gasteiger partial charge in [-0.25, -0.2) is 18.6 Å². The van der Waals surface area contributed by atoms with Gasteiger partial charge in [0, 0.05) is 47.8 Å². The van der Waals surface area contributed by atoms with Gasteiger partial charge in [-0.1, -0.05) is 0 Å².